The summed E-state index contributed by atoms with van der Waals surface area (Å²) in [4.78, 5) is 22.5. The Morgan fingerprint density at radius 3 is 2.67 bits per heavy atom. The molecule has 0 aromatic carbocycles. The number of carbonyl (C=O) groups is 1. The van der Waals surface area contributed by atoms with E-state index < -0.39 is 5.60 Å². The van der Waals surface area contributed by atoms with Gasteiger partial charge in [-0.15, -0.1) is 0 Å². The second-order valence-corrected chi connectivity index (χ2v) is 6.88. The summed E-state index contributed by atoms with van der Waals surface area (Å²) in [5.41, 5.74) is 0.787. The van der Waals surface area contributed by atoms with Crippen molar-refractivity contribution in [3.63, 3.8) is 0 Å². The normalized spacial score (nSPS) is 15.7. The van der Waals surface area contributed by atoms with Crippen molar-refractivity contribution < 1.29 is 9.53 Å². The molecule has 7 heteroatoms. The number of likely N-dealkylation sites (tertiary alicyclic amines) is 1. The minimum absolute atomic E-state index is 0.152. The Balaban J connectivity index is 2.05. The zero-order valence-electron chi connectivity index (χ0n) is 14.8. The topological polar surface area (TPSA) is 91.1 Å². The third kappa shape index (κ3) is 4.57. The van der Waals surface area contributed by atoms with Gasteiger partial charge in [0.2, 0.25) is 5.95 Å². The summed E-state index contributed by atoms with van der Waals surface area (Å²) < 4.78 is 5.41. The van der Waals surface area contributed by atoms with Gasteiger partial charge in [-0.3, -0.25) is 0 Å². The Bertz CT molecular complexity index is 625. The van der Waals surface area contributed by atoms with Gasteiger partial charge in [-0.1, -0.05) is 0 Å². The molecule has 0 bridgehead atoms. The van der Waals surface area contributed by atoms with Gasteiger partial charge in [0, 0.05) is 25.6 Å². The van der Waals surface area contributed by atoms with Crippen LogP contribution in [0.3, 0.4) is 0 Å². The molecule has 7 nitrogen and oxygen atoms in total. The first-order chi connectivity index (χ1) is 11.3. The first-order valence-corrected chi connectivity index (χ1v) is 8.33. The highest BCUT2D eigenvalue weighted by molar-refractivity contribution is 5.68. The summed E-state index contributed by atoms with van der Waals surface area (Å²) in [5, 5.41) is 12.4. The van der Waals surface area contributed by atoms with Gasteiger partial charge < -0.3 is 15.0 Å². The lowest BCUT2D eigenvalue weighted by molar-refractivity contribution is 0.0204. The van der Waals surface area contributed by atoms with E-state index in [2.05, 4.69) is 21.4 Å². The summed E-state index contributed by atoms with van der Waals surface area (Å²) in [5.74, 6) is 0.694. The molecule has 2 rings (SSSR count). The molecule has 1 aromatic rings. The van der Waals surface area contributed by atoms with Crippen LogP contribution in [0.25, 0.3) is 0 Å². The van der Waals surface area contributed by atoms with Crippen molar-refractivity contribution in [2.75, 3.05) is 25.0 Å². The average Bonchev–Trinajstić information content (AvgIpc) is 2.53. The van der Waals surface area contributed by atoms with Crippen LogP contribution in [0.5, 0.6) is 0 Å². The number of carbonyl (C=O) groups excluding carboxylic acids is 1. The monoisotopic (exact) mass is 331 g/mol. The van der Waals surface area contributed by atoms with Crippen LogP contribution >= 0.6 is 0 Å². The van der Waals surface area contributed by atoms with Crippen LogP contribution in [0.1, 0.15) is 57.7 Å². The van der Waals surface area contributed by atoms with Gasteiger partial charge in [0.25, 0.3) is 0 Å². The first-order valence-electron chi connectivity index (χ1n) is 8.33. The van der Waals surface area contributed by atoms with Gasteiger partial charge in [0.1, 0.15) is 11.7 Å². The zero-order valence-corrected chi connectivity index (χ0v) is 14.8. The van der Waals surface area contributed by atoms with E-state index in [1.807, 2.05) is 27.7 Å². The van der Waals surface area contributed by atoms with Crippen molar-refractivity contribution in [2.45, 2.75) is 52.1 Å². The fourth-order valence-corrected chi connectivity index (χ4v) is 2.70. The van der Waals surface area contributed by atoms with Crippen molar-refractivity contribution in [1.82, 2.24) is 14.9 Å². The molecule has 1 saturated heterocycles. The number of ether oxygens (including phenoxy) is 1. The average molecular weight is 331 g/mol. The van der Waals surface area contributed by atoms with Crippen molar-refractivity contribution in [1.29, 1.82) is 5.26 Å². The maximum absolute atomic E-state index is 12.1. The Labute approximate surface area is 143 Å². The maximum Gasteiger partial charge on any atom is 0.410 e. The number of hydrogen-bond donors (Lipinski definition) is 1. The number of rotatable bonds is 3. The zero-order chi connectivity index (χ0) is 17.7. The molecule has 1 fully saturated rings. The van der Waals surface area contributed by atoms with Crippen LogP contribution < -0.4 is 5.32 Å². The van der Waals surface area contributed by atoms with Crippen LogP contribution in [-0.4, -0.2) is 46.2 Å². The van der Waals surface area contributed by atoms with Gasteiger partial charge in [0.15, 0.2) is 0 Å². The van der Waals surface area contributed by atoms with E-state index in [0.717, 1.165) is 25.1 Å². The predicted octanol–water partition coefficient (Wildman–Crippen LogP) is 2.89. The molecular weight excluding hydrogens is 306 g/mol. The third-order valence-corrected chi connectivity index (χ3v) is 3.81. The number of piperidine rings is 1. The highest BCUT2D eigenvalue weighted by atomic mass is 16.6. The van der Waals surface area contributed by atoms with E-state index in [0.29, 0.717) is 24.6 Å². The van der Waals surface area contributed by atoms with Crippen LogP contribution in [0.4, 0.5) is 10.7 Å². The van der Waals surface area contributed by atoms with Crippen molar-refractivity contribution in [3.8, 4) is 6.07 Å². The summed E-state index contributed by atoms with van der Waals surface area (Å²) >= 11 is 0. The second-order valence-electron chi connectivity index (χ2n) is 6.88. The molecule has 1 aromatic heterocycles. The van der Waals surface area contributed by atoms with E-state index in [1.165, 1.54) is 0 Å². The minimum atomic E-state index is -0.491. The lowest BCUT2D eigenvalue weighted by atomic mass is 9.91. The Morgan fingerprint density at radius 2 is 2.12 bits per heavy atom. The summed E-state index contributed by atoms with van der Waals surface area (Å²) in [6.07, 6.45) is 2.81. The number of hydrogen-bond acceptors (Lipinski definition) is 6. The van der Waals surface area contributed by atoms with Crippen molar-refractivity contribution in [2.24, 2.45) is 0 Å². The number of nitrogens with one attached hydrogen (secondary N) is 1. The smallest absolute Gasteiger partial charge is 0.410 e. The molecule has 1 N–H and O–H groups in total. The third-order valence-electron chi connectivity index (χ3n) is 3.81. The maximum atomic E-state index is 12.1. The molecular formula is C17H25N5O2. The SMILES string of the molecule is CCNc1ncc(C#N)c(C2CCN(C(=O)OC(C)(C)C)CC2)n1. The molecule has 0 aliphatic carbocycles. The van der Waals surface area contributed by atoms with Crippen molar-refractivity contribution >= 4 is 12.0 Å². The Hall–Kier alpha value is -2.36. The molecule has 130 valence electrons. The molecule has 0 saturated carbocycles. The molecule has 1 aliphatic rings. The molecule has 24 heavy (non-hydrogen) atoms. The highest BCUT2D eigenvalue weighted by Crippen LogP contribution is 2.29. The largest absolute Gasteiger partial charge is 0.444 e. The Kier molecular flexibility index (Phi) is 5.60. The van der Waals surface area contributed by atoms with Gasteiger partial charge in [-0.25, -0.2) is 14.8 Å². The molecule has 0 radical (unpaired) electrons. The standard InChI is InChI=1S/C17H25N5O2/c1-5-19-15-20-11-13(10-18)14(21-15)12-6-8-22(9-7-12)16(23)24-17(2,3)4/h11-12H,5-9H2,1-4H3,(H,19,20,21). The first kappa shape index (κ1) is 18.0. The van der Waals surface area contributed by atoms with Gasteiger partial charge in [-0.2, -0.15) is 5.26 Å². The highest BCUT2D eigenvalue weighted by Gasteiger charge is 2.29. The van der Waals surface area contributed by atoms with Gasteiger partial charge >= 0.3 is 6.09 Å². The number of nitrogens with zero attached hydrogens (tertiary/aromatic N) is 4. The van der Waals surface area contributed by atoms with E-state index in [9.17, 15) is 10.1 Å². The number of anilines is 1. The summed E-state index contributed by atoms with van der Waals surface area (Å²) in [7, 11) is 0. The quantitative estimate of drug-likeness (QED) is 0.915. The summed E-state index contributed by atoms with van der Waals surface area (Å²) in [6, 6.07) is 2.17. The molecule has 0 spiro atoms. The number of nitriles is 1. The molecule has 2 heterocycles. The van der Waals surface area contributed by atoms with E-state index in [4.69, 9.17) is 4.74 Å². The molecule has 1 aliphatic heterocycles. The lowest BCUT2D eigenvalue weighted by Crippen LogP contribution is -2.41. The molecule has 0 atom stereocenters. The van der Waals surface area contributed by atoms with Crippen LogP contribution in [-0.2, 0) is 4.74 Å². The predicted molar refractivity (Wildman–Crippen MR) is 90.7 cm³/mol. The van der Waals surface area contributed by atoms with Crippen LogP contribution in [0, 0.1) is 11.3 Å². The Morgan fingerprint density at radius 1 is 1.46 bits per heavy atom. The number of amides is 1. The second kappa shape index (κ2) is 7.47. The molecule has 1 amide bonds. The van der Waals surface area contributed by atoms with Gasteiger partial charge in [0.05, 0.1) is 17.5 Å². The van der Waals surface area contributed by atoms with E-state index >= 15 is 0 Å². The number of aromatic nitrogens is 2. The van der Waals surface area contributed by atoms with Crippen molar-refractivity contribution in [3.05, 3.63) is 17.5 Å². The van der Waals surface area contributed by atoms with Gasteiger partial charge in [-0.05, 0) is 40.5 Å². The van der Waals surface area contributed by atoms with E-state index in [1.54, 1.807) is 11.1 Å². The summed E-state index contributed by atoms with van der Waals surface area (Å²) in [6.45, 7) is 9.49. The van der Waals surface area contributed by atoms with Crippen LogP contribution in [0.2, 0.25) is 0 Å². The fourth-order valence-electron chi connectivity index (χ4n) is 2.70. The lowest BCUT2D eigenvalue weighted by Gasteiger charge is -2.33. The minimum Gasteiger partial charge on any atom is -0.444 e. The molecule has 0 unspecified atom stereocenters. The van der Waals surface area contributed by atoms with Crippen LogP contribution in [0.15, 0.2) is 6.20 Å². The fraction of sp³-hybridized carbons (Fsp3) is 0.647. The van der Waals surface area contributed by atoms with E-state index in [-0.39, 0.29) is 12.0 Å².